The number of rotatable bonds is 42. The summed E-state index contributed by atoms with van der Waals surface area (Å²) in [6, 6.07) is -0.626. The van der Waals surface area contributed by atoms with Crippen LogP contribution < -0.4 is 0 Å². The molecule has 0 saturated carbocycles. The standard InChI is InChI=1S/C52H89NO7/c1-6-8-10-12-14-16-18-20-22-23-24-25-26-27-29-31-33-35-37-39-41-43-51(55)60-48(46-58-45-44-49(52(56)57)53(3,4)5)47-59-50(54)42-40-38-36-34-32-30-28-21-19-17-15-13-11-9-7-2/h9,11,13,15,17,19,21,25-26,28,30,32,48-49H,6-8,10,12,14,16,18,20,22-24,27,29,31,33-47H2,1-5H3/p+1/b11-9+,15-13+,19-17+,26-25+,28-21+,32-30+. The number of aliphatic carboxylic acids is 1. The largest absolute Gasteiger partial charge is 0.477 e. The Morgan fingerprint density at radius 2 is 0.950 bits per heavy atom. The van der Waals surface area contributed by atoms with E-state index in [9.17, 15) is 19.5 Å². The number of likely N-dealkylation sites (N-methyl/N-ethyl adjacent to an activating group) is 1. The third kappa shape index (κ3) is 40.2. The van der Waals surface area contributed by atoms with E-state index < -0.39 is 18.1 Å². The number of carboxylic acid groups (broad SMARTS) is 1. The van der Waals surface area contributed by atoms with Gasteiger partial charge in [0.25, 0.3) is 0 Å². The molecule has 0 aromatic carbocycles. The van der Waals surface area contributed by atoms with Gasteiger partial charge in [-0.15, -0.1) is 0 Å². The molecule has 60 heavy (non-hydrogen) atoms. The number of nitrogens with zero attached hydrogens (tertiary/aromatic N) is 1. The van der Waals surface area contributed by atoms with E-state index in [4.69, 9.17) is 14.2 Å². The van der Waals surface area contributed by atoms with E-state index in [2.05, 4.69) is 38.2 Å². The van der Waals surface area contributed by atoms with E-state index >= 15 is 0 Å². The number of carboxylic acids is 1. The van der Waals surface area contributed by atoms with E-state index in [0.717, 1.165) is 51.4 Å². The Labute approximate surface area is 368 Å². The zero-order valence-corrected chi connectivity index (χ0v) is 39.1. The molecule has 0 aliphatic rings. The zero-order chi connectivity index (χ0) is 44.2. The van der Waals surface area contributed by atoms with E-state index in [-0.39, 0.29) is 36.2 Å². The minimum absolute atomic E-state index is 0.0422. The number of hydrogen-bond acceptors (Lipinski definition) is 6. The van der Waals surface area contributed by atoms with Crippen molar-refractivity contribution in [2.45, 2.75) is 199 Å². The molecule has 0 aromatic heterocycles. The summed E-state index contributed by atoms with van der Waals surface area (Å²) in [5, 5.41) is 9.63. The molecule has 0 aromatic rings. The van der Waals surface area contributed by atoms with Gasteiger partial charge in [0.15, 0.2) is 12.1 Å². The van der Waals surface area contributed by atoms with Gasteiger partial charge in [0.1, 0.15) is 6.61 Å². The Morgan fingerprint density at radius 1 is 0.517 bits per heavy atom. The Balaban J connectivity index is 4.34. The molecule has 0 radical (unpaired) electrons. The van der Waals surface area contributed by atoms with Gasteiger partial charge in [-0.05, 0) is 57.8 Å². The molecule has 8 nitrogen and oxygen atoms in total. The Morgan fingerprint density at radius 3 is 1.45 bits per heavy atom. The number of ether oxygens (including phenoxy) is 3. The number of carbonyl (C=O) groups excluding carboxylic acids is 2. The average Bonchev–Trinajstić information content (AvgIpc) is 3.21. The smallest absolute Gasteiger partial charge is 0.362 e. The first-order valence-corrected chi connectivity index (χ1v) is 24.0. The van der Waals surface area contributed by atoms with Gasteiger partial charge in [0, 0.05) is 19.3 Å². The summed E-state index contributed by atoms with van der Waals surface area (Å²) in [6.45, 7) is 4.55. The van der Waals surface area contributed by atoms with Gasteiger partial charge in [-0.3, -0.25) is 9.59 Å². The molecule has 0 heterocycles. The molecule has 344 valence electrons. The quantitative estimate of drug-likeness (QED) is 0.0215. The maximum atomic E-state index is 12.8. The lowest BCUT2D eigenvalue weighted by Gasteiger charge is -2.31. The van der Waals surface area contributed by atoms with Crippen LogP contribution in [0, 0.1) is 0 Å². The zero-order valence-electron chi connectivity index (χ0n) is 39.1. The number of quaternary nitrogens is 1. The molecular weight excluding hydrogens is 751 g/mol. The third-order valence-electron chi connectivity index (χ3n) is 10.5. The normalized spacial score (nSPS) is 13.6. The molecule has 2 atom stereocenters. The molecule has 0 bridgehead atoms. The van der Waals surface area contributed by atoms with E-state index in [0.29, 0.717) is 19.3 Å². The van der Waals surface area contributed by atoms with Crippen LogP contribution in [0.4, 0.5) is 0 Å². The van der Waals surface area contributed by atoms with E-state index in [1.165, 1.54) is 103 Å². The summed E-state index contributed by atoms with van der Waals surface area (Å²) in [7, 11) is 5.51. The van der Waals surface area contributed by atoms with Gasteiger partial charge in [-0.2, -0.15) is 0 Å². The van der Waals surface area contributed by atoms with Crippen molar-refractivity contribution in [2.75, 3.05) is 41.0 Å². The van der Waals surface area contributed by atoms with Crippen LogP contribution in [0.15, 0.2) is 72.9 Å². The second-order valence-corrected chi connectivity index (χ2v) is 17.1. The van der Waals surface area contributed by atoms with Crippen molar-refractivity contribution in [1.29, 1.82) is 0 Å². The van der Waals surface area contributed by atoms with Gasteiger partial charge >= 0.3 is 17.9 Å². The van der Waals surface area contributed by atoms with Crippen LogP contribution in [0.25, 0.3) is 0 Å². The van der Waals surface area contributed by atoms with Crippen LogP contribution >= 0.6 is 0 Å². The highest BCUT2D eigenvalue weighted by Gasteiger charge is 2.31. The number of esters is 2. The lowest BCUT2D eigenvalue weighted by molar-refractivity contribution is -0.887. The molecule has 0 fully saturated rings. The van der Waals surface area contributed by atoms with Gasteiger partial charge in [-0.1, -0.05) is 183 Å². The van der Waals surface area contributed by atoms with Gasteiger partial charge < -0.3 is 23.8 Å². The van der Waals surface area contributed by atoms with Crippen LogP contribution in [0.2, 0.25) is 0 Å². The summed E-state index contributed by atoms with van der Waals surface area (Å²) in [4.78, 5) is 37.1. The van der Waals surface area contributed by atoms with Crippen LogP contribution in [-0.2, 0) is 28.6 Å². The lowest BCUT2D eigenvalue weighted by atomic mass is 10.1. The molecule has 0 rings (SSSR count). The summed E-state index contributed by atoms with van der Waals surface area (Å²) >= 11 is 0. The maximum absolute atomic E-state index is 12.8. The second-order valence-electron chi connectivity index (χ2n) is 17.1. The van der Waals surface area contributed by atoms with E-state index in [1.807, 2.05) is 69.8 Å². The van der Waals surface area contributed by atoms with Gasteiger partial charge in [-0.25, -0.2) is 4.79 Å². The fourth-order valence-electron chi connectivity index (χ4n) is 6.75. The van der Waals surface area contributed by atoms with Crippen molar-refractivity contribution in [1.82, 2.24) is 0 Å². The van der Waals surface area contributed by atoms with Crippen LogP contribution in [0.1, 0.15) is 187 Å². The first-order valence-electron chi connectivity index (χ1n) is 24.0. The molecule has 1 N–H and O–H groups in total. The second kappa shape index (κ2) is 42.5. The number of unbranched alkanes of at least 4 members (excludes halogenated alkanes) is 20. The highest BCUT2D eigenvalue weighted by molar-refractivity contribution is 5.72. The monoisotopic (exact) mass is 841 g/mol. The highest BCUT2D eigenvalue weighted by atomic mass is 16.6. The van der Waals surface area contributed by atoms with Crippen molar-refractivity contribution in [3.8, 4) is 0 Å². The molecule has 2 unspecified atom stereocenters. The minimum Gasteiger partial charge on any atom is -0.477 e. The topological polar surface area (TPSA) is 99.1 Å². The minimum atomic E-state index is -0.884. The van der Waals surface area contributed by atoms with Crippen molar-refractivity contribution < 1.29 is 38.2 Å². The Kier molecular flexibility index (Phi) is 40.2. The summed E-state index contributed by atoms with van der Waals surface area (Å²) in [5.41, 5.74) is 0. The van der Waals surface area contributed by atoms with Crippen molar-refractivity contribution in [3.63, 3.8) is 0 Å². The summed E-state index contributed by atoms with van der Waals surface area (Å²) < 4.78 is 17.3. The number of allylic oxidation sites excluding steroid dienone is 12. The average molecular weight is 841 g/mol. The highest BCUT2D eigenvalue weighted by Crippen LogP contribution is 2.14. The van der Waals surface area contributed by atoms with Gasteiger partial charge in [0.05, 0.1) is 34.4 Å². The van der Waals surface area contributed by atoms with Crippen LogP contribution in [-0.4, -0.2) is 80.6 Å². The fourth-order valence-corrected chi connectivity index (χ4v) is 6.75. The van der Waals surface area contributed by atoms with Gasteiger partial charge in [0.2, 0.25) is 0 Å². The van der Waals surface area contributed by atoms with E-state index in [1.54, 1.807) is 0 Å². The SMILES string of the molecule is CC/C=C/C=C/C=C/C=C/C=C/CCCCCC(=O)OCC(COCCC(C(=O)O)[N+](C)(C)C)OC(=O)CCCCCCCCC/C=C/CCCCCCCCCCCC. The summed E-state index contributed by atoms with van der Waals surface area (Å²) in [5.74, 6) is -1.53. The maximum Gasteiger partial charge on any atom is 0.362 e. The predicted molar refractivity (Wildman–Crippen MR) is 252 cm³/mol. The Hall–Kier alpha value is -3.23. The lowest BCUT2D eigenvalue weighted by Crippen LogP contribution is -2.50. The number of hydrogen-bond donors (Lipinski definition) is 1. The first-order chi connectivity index (χ1) is 29.1. The molecule has 0 saturated heterocycles. The number of carbonyl (C=O) groups is 3. The van der Waals surface area contributed by atoms with Crippen molar-refractivity contribution in [2.24, 2.45) is 0 Å². The third-order valence-corrected chi connectivity index (χ3v) is 10.5. The molecular formula is C52H90NO7+. The van der Waals surface area contributed by atoms with Crippen LogP contribution in [0.3, 0.4) is 0 Å². The fraction of sp³-hybridized carbons (Fsp3) is 0.712. The van der Waals surface area contributed by atoms with Crippen molar-refractivity contribution in [3.05, 3.63) is 72.9 Å². The van der Waals surface area contributed by atoms with Crippen molar-refractivity contribution >= 4 is 17.9 Å². The van der Waals surface area contributed by atoms with Crippen LogP contribution in [0.5, 0.6) is 0 Å². The molecule has 0 aliphatic carbocycles. The summed E-state index contributed by atoms with van der Waals surface area (Å²) in [6.07, 6.45) is 53.8. The Bertz CT molecular complexity index is 1210. The predicted octanol–water partition coefficient (Wildman–Crippen LogP) is 13.5. The molecule has 8 heteroatoms. The molecule has 0 amide bonds. The molecule has 0 spiro atoms. The molecule has 0 aliphatic heterocycles. The first kappa shape index (κ1) is 56.8.